The van der Waals surface area contributed by atoms with Gasteiger partial charge in [-0.3, -0.25) is 4.79 Å². The Morgan fingerprint density at radius 1 is 1.43 bits per heavy atom. The molecular formula is C10H10F2O2. The molecular weight excluding hydrogens is 190 g/mol. The topological polar surface area (TPSA) is 26.3 Å². The Kier molecular flexibility index (Phi) is 3.17. The molecule has 1 rings (SSSR count). The summed E-state index contributed by atoms with van der Waals surface area (Å²) in [6, 6.07) is 1.92. The first-order valence-corrected chi connectivity index (χ1v) is 4.06. The van der Waals surface area contributed by atoms with Crippen molar-refractivity contribution in [2.75, 3.05) is 7.11 Å². The van der Waals surface area contributed by atoms with Crippen LogP contribution in [-0.4, -0.2) is 13.1 Å². The molecule has 0 aliphatic rings. The van der Waals surface area contributed by atoms with Crippen LogP contribution < -0.4 is 0 Å². The number of hydrogen-bond donors (Lipinski definition) is 0. The number of esters is 1. The Balaban J connectivity index is 3.02. The number of rotatable bonds is 2. The number of methoxy groups -OCH3 is 1. The normalized spacial score (nSPS) is 10.0. The average molecular weight is 200 g/mol. The van der Waals surface area contributed by atoms with E-state index in [2.05, 4.69) is 4.74 Å². The molecule has 2 nitrogen and oxygen atoms in total. The predicted molar refractivity (Wildman–Crippen MR) is 46.8 cm³/mol. The first-order chi connectivity index (χ1) is 6.54. The maximum absolute atomic E-state index is 13.0. The zero-order valence-electron chi connectivity index (χ0n) is 7.93. The van der Waals surface area contributed by atoms with E-state index >= 15 is 0 Å². The van der Waals surface area contributed by atoms with E-state index in [1.54, 1.807) is 0 Å². The van der Waals surface area contributed by atoms with Crippen LogP contribution in [0.5, 0.6) is 0 Å². The van der Waals surface area contributed by atoms with Gasteiger partial charge in [0.25, 0.3) is 0 Å². The maximum atomic E-state index is 13.0. The van der Waals surface area contributed by atoms with Crippen molar-refractivity contribution in [3.63, 3.8) is 0 Å². The Bertz CT molecular complexity index is 361. The largest absolute Gasteiger partial charge is 0.469 e. The highest BCUT2D eigenvalue weighted by molar-refractivity contribution is 5.72. The summed E-state index contributed by atoms with van der Waals surface area (Å²) in [5, 5.41) is 0. The molecule has 0 saturated heterocycles. The third kappa shape index (κ3) is 2.28. The number of carbonyl (C=O) groups excluding carboxylic acids is 1. The fourth-order valence-electron chi connectivity index (χ4n) is 1.11. The minimum atomic E-state index is -0.688. The van der Waals surface area contributed by atoms with E-state index in [1.165, 1.54) is 14.0 Å². The van der Waals surface area contributed by atoms with Crippen LogP contribution in [0, 0.1) is 18.6 Å². The van der Waals surface area contributed by atoms with Crippen molar-refractivity contribution in [2.24, 2.45) is 0 Å². The Morgan fingerprint density at radius 3 is 2.64 bits per heavy atom. The quantitative estimate of drug-likeness (QED) is 0.682. The van der Waals surface area contributed by atoms with Gasteiger partial charge in [0.05, 0.1) is 13.5 Å². The van der Waals surface area contributed by atoms with Gasteiger partial charge in [-0.1, -0.05) is 0 Å². The molecule has 0 N–H and O–H groups in total. The van der Waals surface area contributed by atoms with Gasteiger partial charge < -0.3 is 4.74 Å². The summed E-state index contributed by atoms with van der Waals surface area (Å²) < 4.78 is 30.2. The van der Waals surface area contributed by atoms with E-state index < -0.39 is 17.6 Å². The lowest BCUT2D eigenvalue weighted by Gasteiger charge is -2.05. The average Bonchev–Trinajstić information content (AvgIpc) is 2.13. The molecule has 0 amide bonds. The molecule has 0 fully saturated rings. The molecule has 0 aliphatic heterocycles. The van der Waals surface area contributed by atoms with Gasteiger partial charge in [0.2, 0.25) is 0 Å². The van der Waals surface area contributed by atoms with Gasteiger partial charge in [-0.15, -0.1) is 0 Å². The molecule has 0 aliphatic carbocycles. The Hall–Kier alpha value is -1.45. The number of carbonyl (C=O) groups is 1. The summed E-state index contributed by atoms with van der Waals surface area (Å²) in [6.07, 6.45) is -0.114. The van der Waals surface area contributed by atoms with Gasteiger partial charge in [0.1, 0.15) is 11.6 Å². The lowest BCUT2D eigenvalue weighted by molar-refractivity contribution is -0.139. The highest BCUT2D eigenvalue weighted by atomic mass is 19.1. The van der Waals surface area contributed by atoms with Crippen LogP contribution in [0.2, 0.25) is 0 Å². The van der Waals surface area contributed by atoms with Crippen molar-refractivity contribution in [1.82, 2.24) is 0 Å². The summed E-state index contributed by atoms with van der Waals surface area (Å²) in [6.45, 7) is 1.49. The number of benzene rings is 1. The van der Waals surface area contributed by atoms with E-state index in [4.69, 9.17) is 0 Å². The van der Waals surface area contributed by atoms with Crippen molar-refractivity contribution in [3.05, 3.63) is 34.9 Å². The zero-order valence-corrected chi connectivity index (χ0v) is 7.93. The van der Waals surface area contributed by atoms with E-state index in [1.807, 2.05) is 0 Å². The fourth-order valence-corrected chi connectivity index (χ4v) is 1.11. The molecule has 4 heteroatoms. The van der Waals surface area contributed by atoms with Gasteiger partial charge in [-0.2, -0.15) is 0 Å². The third-order valence-corrected chi connectivity index (χ3v) is 1.98. The predicted octanol–water partition coefficient (Wildman–Crippen LogP) is 1.99. The lowest BCUT2D eigenvalue weighted by Crippen LogP contribution is -2.07. The van der Waals surface area contributed by atoms with Crippen LogP contribution in [0.3, 0.4) is 0 Å². The number of halogens is 2. The third-order valence-electron chi connectivity index (χ3n) is 1.98. The van der Waals surface area contributed by atoms with Crippen molar-refractivity contribution in [2.45, 2.75) is 13.3 Å². The summed E-state index contributed by atoms with van der Waals surface area (Å²) in [7, 11) is 1.23. The van der Waals surface area contributed by atoms with Gasteiger partial charge in [0, 0.05) is 6.07 Å². The Labute approximate surface area is 80.5 Å². The second-order valence-corrected chi connectivity index (χ2v) is 2.92. The molecule has 0 bridgehead atoms. The molecule has 0 spiro atoms. The fraction of sp³-hybridized carbons (Fsp3) is 0.300. The first kappa shape index (κ1) is 10.6. The van der Waals surface area contributed by atoms with Gasteiger partial charge >= 0.3 is 5.97 Å². The van der Waals surface area contributed by atoms with E-state index in [9.17, 15) is 13.6 Å². The van der Waals surface area contributed by atoms with Crippen molar-refractivity contribution >= 4 is 5.97 Å². The smallest absolute Gasteiger partial charge is 0.309 e. The second-order valence-electron chi connectivity index (χ2n) is 2.92. The molecule has 0 atom stereocenters. The Morgan fingerprint density at radius 2 is 2.07 bits per heavy atom. The van der Waals surface area contributed by atoms with Crippen molar-refractivity contribution in [3.8, 4) is 0 Å². The van der Waals surface area contributed by atoms with E-state index in [0.717, 1.165) is 12.1 Å². The zero-order chi connectivity index (χ0) is 10.7. The van der Waals surface area contributed by atoms with E-state index in [0.29, 0.717) is 5.56 Å². The summed E-state index contributed by atoms with van der Waals surface area (Å²) in [4.78, 5) is 10.9. The van der Waals surface area contributed by atoms with Gasteiger partial charge in [-0.25, -0.2) is 8.78 Å². The van der Waals surface area contributed by atoms with Crippen LogP contribution in [0.15, 0.2) is 12.1 Å². The van der Waals surface area contributed by atoms with E-state index in [-0.39, 0.29) is 12.0 Å². The molecule has 0 unspecified atom stereocenters. The monoisotopic (exact) mass is 200 g/mol. The van der Waals surface area contributed by atoms with Gasteiger partial charge in [0.15, 0.2) is 0 Å². The lowest BCUT2D eigenvalue weighted by atomic mass is 10.1. The number of ether oxygens (including phenoxy) is 1. The number of hydrogen-bond acceptors (Lipinski definition) is 2. The molecule has 1 aromatic rings. The van der Waals surface area contributed by atoms with Crippen molar-refractivity contribution in [1.29, 1.82) is 0 Å². The molecule has 0 saturated carbocycles. The van der Waals surface area contributed by atoms with Crippen LogP contribution in [0.4, 0.5) is 8.78 Å². The molecule has 14 heavy (non-hydrogen) atoms. The summed E-state index contributed by atoms with van der Waals surface area (Å²) >= 11 is 0. The standard InChI is InChI=1S/C10H10F2O2/c1-6-7(4-10(13)14-2)3-8(11)5-9(6)12/h3,5H,4H2,1-2H3. The van der Waals surface area contributed by atoms with Crippen LogP contribution in [0.1, 0.15) is 11.1 Å². The molecule has 1 aromatic carbocycles. The van der Waals surface area contributed by atoms with Crippen molar-refractivity contribution < 1.29 is 18.3 Å². The van der Waals surface area contributed by atoms with Gasteiger partial charge in [-0.05, 0) is 24.1 Å². The minimum absolute atomic E-state index is 0.114. The first-order valence-electron chi connectivity index (χ1n) is 4.06. The SMILES string of the molecule is COC(=O)Cc1cc(F)cc(F)c1C. The second kappa shape index (κ2) is 4.17. The highest BCUT2D eigenvalue weighted by Gasteiger charge is 2.10. The van der Waals surface area contributed by atoms with Crippen LogP contribution in [0.25, 0.3) is 0 Å². The molecule has 76 valence electrons. The molecule has 0 aromatic heterocycles. The molecule has 0 radical (unpaired) electrons. The van der Waals surface area contributed by atoms with Crippen LogP contribution in [-0.2, 0) is 16.0 Å². The summed E-state index contributed by atoms with van der Waals surface area (Å²) in [5.41, 5.74) is 0.589. The highest BCUT2D eigenvalue weighted by Crippen LogP contribution is 2.15. The van der Waals surface area contributed by atoms with Crippen LogP contribution >= 0.6 is 0 Å². The molecule has 0 heterocycles. The maximum Gasteiger partial charge on any atom is 0.309 e. The summed E-state index contributed by atoms with van der Waals surface area (Å²) in [5.74, 6) is -1.85. The minimum Gasteiger partial charge on any atom is -0.469 e.